The highest BCUT2D eigenvalue weighted by Crippen LogP contribution is 2.46. The van der Waals surface area contributed by atoms with E-state index >= 15 is 0 Å². The third-order valence-corrected chi connectivity index (χ3v) is 6.01. The van der Waals surface area contributed by atoms with Gasteiger partial charge in [0.2, 0.25) is 0 Å². The van der Waals surface area contributed by atoms with Crippen LogP contribution in [-0.4, -0.2) is 6.54 Å². The zero-order chi connectivity index (χ0) is 14.2. The van der Waals surface area contributed by atoms with Crippen LogP contribution in [-0.2, 0) is 5.41 Å². The van der Waals surface area contributed by atoms with Crippen LogP contribution in [0.5, 0.6) is 0 Å². The van der Waals surface area contributed by atoms with E-state index in [-0.39, 0.29) is 0 Å². The van der Waals surface area contributed by atoms with Crippen molar-refractivity contribution in [1.29, 1.82) is 0 Å². The summed E-state index contributed by atoms with van der Waals surface area (Å²) in [5, 5.41) is 0. The maximum atomic E-state index is 6.06. The second kappa shape index (κ2) is 5.18. The Bertz CT molecular complexity index is 455. The fourth-order valence-electron chi connectivity index (χ4n) is 4.07. The van der Waals surface area contributed by atoms with Gasteiger partial charge < -0.3 is 5.73 Å². The van der Waals surface area contributed by atoms with Gasteiger partial charge in [0.15, 0.2) is 0 Å². The van der Waals surface area contributed by atoms with Crippen molar-refractivity contribution in [3.8, 4) is 0 Å². The molecular weight excluding hydrogens is 242 g/mol. The Balaban J connectivity index is 1.78. The van der Waals surface area contributed by atoms with Crippen LogP contribution in [0, 0.1) is 5.41 Å². The van der Waals surface area contributed by atoms with Crippen LogP contribution in [0.4, 0.5) is 0 Å². The van der Waals surface area contributed by atoms with Crippen molar-refractivity contribution in [1.82, 2.24) is 0 Å². The molecule has 2 aliphatic carbocycles. The maximum absolute atomic E-state index is 6.06. The summed E-state index contributed by atoms with van der Waals surface area (Å²) in [5.41, 5.74) is 10.0. The number of hydrogen-bond acceptors (Lipinski definition) is 1. The van der Waals surface area contributed by atoms with Gasteiger partial charge in [-0.1, -0.05) is 44.5 Å². The first kappa shape index (κ1) is 14.1. The average Bonchev–Trinajstić information content (AvgIpc) is 2.38. The van der Waals surface area contributed by atoms with Crippen molar-refractivity contribution in [2.75, 3.05) is 6.54 Å². The summed E-state index contributed by atoms with van der Waals surface area (Å²) >= 11 is 0. The topological polar surface area (TPSA) is 26.0 Å². The van der Waals surface area contributed by atoms with E-state index in [0.717, 1.165) is 12.5 Å². The van der Waals surface area contributed by atoms with Crippen LogP contribution >= 0.6 is 0 Å². The lowest BCUT2D eigenvalue weighted by molar-refractivity contribution is 0.223. The summed E-state index contributed by atoms with van der Waals surface area (Å²) in [7, 11) is 0. The predicted octanol–water partition coefficient (Wildman–Crippen LogP) is 4.75. The first-order valence-electron chi connectivity index (χ1n) is 8.35. The summed E-state index contributed by atoms with van der Waals surface area (Å²) in [4.78, 5) is 0. The molecule has 3 rings (SSSR count). The van der Waals surface area contributed by atoms with E-state index in [0.29, 0.717) is 10.8 Å². The summed E-state index contributed by atoms with van der Waals surface area (Å²) in [5.74, 6) is 0.776. The van der Waals surface area contributed by atoms with E-state index in [1.807, 2.05) is 0 Å². The fraction of sp³-hybridized carbons (Fsp3) is 0.684. The standard InChI is InChI=1S/C19H29N/c1-18(2)11-7-15(8-12-18)16-5-3-6-17(13-16)19(14-20)9-4-10-19/h3,5-6,13,15H,4,7-12,14,20H2,1-2H3. The highest BCUT2D eigenvalue weighted by atomic mass is 14.6. The van der Waals surface area contributed by atoms with E-state index in [9.17, 15) is 0 Å². The molecule has 2 fully saturated rings. The predicted molar refractivity (Wildman–Crippen MR) is 86.0 cm³/mol. The van der Waals surface area contributed by atoms with Gasteiger partial charge in [-0.05, 0) is 61.0 Å². The highest BCUT2D eigenvalue weighted by Gasteiger charge is 2.37. The lowest BCUT2D eigenvalue weighted by Gasteiger charge is -2.42. The van der Waals surface area contributed by atoms with Gasteiger partial charge in [0.1, 0.15) is 0 Å². The summed E-state index contributed by atoms with van der Waals surface area (Å²) in [6.07, 6.45) is 9.35. The Morgan fingerprint density at radius 2 is 1.80 bits per heavy atom. The van der Waals surface area contributed by atoms with Crippen LogP contribution in [0.3, 0.4) is 0 Å². The third-order valence-electron chi connectivity index (χ3n) is 6.01. The quantitative estimate of drug-likeness (QED) is 0.843. The van der Waals surface area contributed by atoms with Gasteiger partial charge in [-0.3, -0.25) is 0 Å². The number of hydrogen-bond donors (Lipinski definition) is 1. The van der Waals surface area contributed by atoms with Crippen LogP contribution < -0.4 is 5.73 Å². The lowest BCUT2D eigenvalue weighted by Crippen LogP contribution is -2.41. The molecule has 110 valence electrons. The molecule has 0 heterocycles. The molecule has 0 saturated heterocycles. The first-order valence-corrected chi connectivity index (χ1v) is 8.35. The molecule has 0 spiro atoms. The third kappa shape index (κ3) is 2.53. The molecule has 0 aliphatic heterocycles. The summed E-state index contributed by atoms with van der Waals surface area (Å²) in [6, 6.07) is 9.40. The normalized spacial score (nSPS) is 25.1. The van der Waals surface area contributed by atoms with E-state index in [2.05, 4.69) is 38.1 Å². The molecule has 1 nitrogen and oxygen atoms in total. The highest BCUT2D eigenvalue weighted by molar-refractivity contribution is 5.34. The molecule has 0 radical (unpaired) electrons. The smallest absolute Gasteiger partial charge is 0.00756 e. The molecule has 20 heavy (non-hydrogen) atoms. The molecule has 2 saturated carbocycles. The van der Waals surface area contributed by atoms with Crippen LogP contribution in [0.25, 0.3) is 0 Å². The Hall–Kier alpha value is -0.820. The Labute approximate surface area is 124 Å². The van der Waals surface area contributed by atoms with Gasteiger partial charge in [-0.2, -0.15) is 0 Å². The molecule has 0 bridgehead atoms. The lowest BCUT2D eigenvalue weighted by atomic mass is 9.63. The van der Waals surface area contributed by atoms with Crippen LogP contribution in [0.15, 0.2) is 24.3 Å². The average molecular weight is 271 g/mol. The van der Waals surface area contributed by atoms with Gasteiger partial charge in [0.25, 0.3) is 0 Å². The minimum Gasteiger partial charge on any atom is -0.330 e. The van der Waals surface area contributed by atoms with Gasteiger partial charge in [0.05, 0.1) is 0 Å². The Kier molecular flexibility index (Phi) is 3.66. The van der Waals surface area contributed by atoms with Crippen molar-refractivity contribution in [2.45, 2.75) is 70.1 Å². The second-order valence-electron chi connectivity index (χ2n) is 7.90. The van der Waals surface area contributed by atoms with Crippen molar-refractivity contribution >= 4 is 0 Å². The van der Waals surface area contributed by atoms with E-state index in [1.165, 1.54) is 50.5 Å². The number of rotatable bonds is 3. The summed E-state index contributed by atoms with van der Waals surface area (Å²) < 4.78 is 0. The van der Waals surface area contributed by atoms with Crippen molar-refractivity contribution < 1.29 is 0 Å². The minimum atomic E-state index is 0.309. The molecule has 0 atom stereocenters. The Morgan fingerprint density at radius 1 is 1.10 bits per heavy atom. The number of benzene rings is 1. The largest absolute Gasteiger partial charge is 0.330 e. The molecule has 0 aromatic heterocycles. The molecule has 1 aromatic carbocycles. The molecule has 0 amide bonds. The maximum Gasteiger partial charge on any atom is 0.00756 e. The minimum absolute atomic E-state index is 0.309. The van der Waals surface area contributed by atoms with Gasteiger partial charge >= 0.3 is 0 Å². The van der Waals surface area contributed by atoms with Gasteiger partial charge in [0, 0.05) is 12.0 Å². The zero-order valence-electron chi connectivity index (χ0n) is 13.1. The zero-order valence-corrected chi connectivity index (χ0v) is 13.1. The van der Waals surface area contributed by atoms with E-state index in [4.69, 9.17) is 5.73 Å². The molecule has 2 aliphatic rings. The second-order valence-corrected chi connectivity index (χ2v) is 7.90. The molecular formula is C19H29N. The van der Waals surface area contributed by atoms with Crippen molar-refractivity contribution in [3.63, 3.8) is 0 Å². The fourth-order valence-corrected chi connectivity index (χ4v) is 4.07. The summed E-state index contributed by atoms with van der Waals surface area (Å²) in [6.45, 7) is 5.64. The van der Waals surface area contributed by atoms with Gasteiger partial charge in [-0.25, -0.2) is 0 Å². The first-order chi connectivity index (χ1) is 9.55. The van der Waals surface area contributed by atoms with E-state index < -0.39 is 0 Å². The van der Waals surface area contributed by atoms with Crippen LogP contribution in [0.1, 0.15) is 75.8 Å². The molecule has 1 aromatic rings. The van der Waals surface area contributed by atoms with Crippen LogP contribution in [0.2, 0.25) is 0 Å². The number of nitrogens with two attached hydrogens (primary N) is 1. The van der Waals surface area contributed by atoms with Gasteiger partial charge in [-0.15, -0.1) is 0 Å². The molecule has 0 unspecified atom stereocenters. The molecule has 2 N–H and O–H groups in total. The van der Waals surface area contributed by atoms with Crippen molar-refractivity contribution in [3.05, 3.63) is 35.4 Å². The van der Waals surface area contributed by atoms with E-state index in [1.54, 1.807) is 5.56 Å². The SMILES string of the molecule is CC1(C)CCC(c2cccc(C3(CN)CCC3)c2)CC1. The Morgan fingerprint density at radius 3 is 2.35 bits per heavy atom. The van der Waals surface area contributed by atoms with Crippen molar-refractivity contribution in [2.24, 2.45) is 11.1 Å². The monoisotopic (exact) mass is 271 g/mol. The molecule has 1 heteroatoms.